The molecule has 0 bridgehead atoms. The van der Waals surface area contributed by atoms with Crippen LogP contribution in [0.5, 0.6) is 0 Å². The van der Waals surface area contributed by atoms with Crippen molar-refractivity contribution >= 4 is 39.5 Å². The highest BCUT2D eigenvalue weighted by Crippen LogP contribution is 2.39. The molecule has 1 saturated heterocycles. The van der Waals surface area contributed by atoms with Crippen LogP contribution in [-0.2, 0) is 7.05 Å². The van der Waals surface area contributed by atoms with Gasteiger partial charge in [0.2, 0.25) is 5.95 Å². The van der Waals surface area contributed by atoms with E-state index in [9.17, 15) is 8.78 Å². The van der Waals surface area contributed by atoms with Crippen LogP contribution in [0.2, 0.25) is 0 Å². The molecule has 5 aromatic rings. The van der Waals surface area contributed by atoms with Gasteiger partial charge in [-0.1, -0.05) is 12.1 Å². The summed E-state index contributed by atoms with van der Waals surface area (Å²) in [4.78, 5) is 18.3. The lowest BCUT2D eigenvalue weighted by Crippen LogP contribution is -2.49. The number of benzene rings is 2. The molecule has 218 valence electrons. The first-order chi connectivity index (χ1) is 20.4. The van der Waals surface area contributed by atoms with Crippen LogP contribution in [0.3, 0.4) is 0 Å². The second kappa shape index (κ2) is 10.6. The number of imidazole rings is 1. The largest absolute Gasteiger partial charge is 0.383 e. The summed E-state index contributed by atoms with van der Waals surface area (Å²) in [5, 5.41) is 4.05. The number of anilines is 3. The van der Waals surface area contributed by atoms with E-state index in [4.69, 9.17) is 5.73 Å². The van der Waals surface area contributed by atoms with Crippen LogP contribution in [-0.4, -0.2) is 73.2 Å². The van der Waals surface area contributed by atoms with Gasteiger partial charge in [0, 0.05) is 62.8 Å². The maximum Gasteiger partial charge on any atom is 0.208 e. The van der Waals surface area contributed by atoms with E-state index in [2.05, 4.69) is 47.9 Å². The van der Waals surface area contributed by atoms with Crippen molar-refractivity contribution in [3.63, 3.8) is 0 Å². The number of likely N-dealkylation sites (N-methyl/N-ethyl adjacent to an activating group) is 1. The molecular formula is C31H35F2N9. The fourth-order valence-corrected chi connectivity index (χ4v) is 6.71. The van der Waals surface area contributed by atoms with Gasteiger partial charge in [-0.05, 0) is 62.6 Å². The average molecular weight is 572 g/mol. The molecule has 2 aliphatic rings. The molecule has 7 rings (SSSR count). The zero-order valence-electron chi connectivity index (χ0n) is 23.9. The van der Waals surface area contributed by atoms with Crippen LogP contribution in [0.4, 0.5) is 26.2 Å². The van der Waals surface area contributed by atoms with Crippen LogP contribution in [0.25, 0.3) is 33.2 Å². The summed E-state index contributed by atoms with van der Waals surface area (Å²) in [7, 11) is 3.86. The molecule has 11 heteroatoms. The molecule has 0 atom stereocenters. The Morgan fingerprint density at radius 3 is 2.26 bits per heavy atom. The van der Waals surface area contributed by atoms with Gasteiger partial charge in [0.05, 0.1) is 5.39 Å². The summed E-state index contributed by atoms with van der Waals surface area (Å²) < 4.78 is 32.4. The molecule has 4 heterocycles. The second-order valence-electron chi connectivity index (χ2n) is 11.6. The highest BCUT2D eigenvalue weighted by atomic mass is 19.1. The number of fused-ring (bicyclic) bond motifs is 2. The SMILES string of the molecule is CN1CCN([C@H]2CC[C@@H](n3cc(-c4ccc(Nc5nc6c(F)ccc(F)c6n5C)cc4)c4c(N)ncnc43)CC2)CC1. The van der Waals surface area contributed by atoms with Crippen molar-refractivity contribution in [2.45, 2.75) is 37.8 Å². The van der Waals surface area contributed by atoms with Crippen LogP contribution in [0.1, 0.15) is 31.7 Å². The number of nitrogens with zero attached hydrogens (tertiary/aromatic N) is 7. The Kier molecular flexibility index (Phi) is 6.78. The van der Waals surface area contributed by atoms with Gasteiger partial charge in [0.15, 0.2) is 5.82 Å². The standard InChI is InChI=1S/C31H35F2N9/c1-39-13-15-41(16-14-39)21-7-9-22(10-8-21)42-17-23(26-29(34)35-18-36-30(26)42)19-3-5-20(6-4-19)37-31-38-27-24(32)11-12-25(33)28(27)40(31)2/h3-6,11-12,17-18,21-22H,7-10,13-16H2,1-2H3,(H,37,38)(H2,34,35,36)/t21-,22+. The number of hydrogen-bond donors (Lipinski definition) is 2. The number of hydrogen-bond acceptors (Lipinski definition) is 7. The van der Waals surface area contributed by atoms with Gasteiger partial charge in [0.25, 0.3) is 0 Å². The summed E-state index contributed by atoms with van der Waals surface area (Å²) in [6, 6.07) is 11.1. The van der Waals surface area contributed by atoms with Gasteiger partial charge in [0.1, 0.15) is 34.6 Å². The quantitative estimate of drug-likeness (QED) is 0.295. The first-order valence-corrected chi connectivity index (χ1v) is 14.6. The molecule has 9 nitrogen and oxygen atoms in total. The van der Waals surface area contributed by atoms with Gasteiger partial charge in [-0.3, -0.25) is 4.90 Å². The summed E-state index contributed by atoms with van der Waals surface area (Å²) in [5.41, 5.74) is 10.1. The van der Waals surface area contributed by atoms with Crippen molar-refractivity contribution in [2.75, 3.05) is 44.3 Å². The number of aromatic nitrogens is 5. The summed E-state index contributed by atoms with van der Waals surface area (Å²) in [5.74, 6) is -0.266. The maximum atomic E-state index is 14.4. The molecule has 0 amide bonds. The highest BCUT2D eigenvalue weighted by Gasteiger charge is 2.30. The summed E-state index contributed by atoms with van der Waals surface area (Å²) >= 11 is 0. The van der Waals surface area contributed by atoms with Crippen LogP contribution >= 0.6 is 0 Å². The molecule has 42 heavy (non-hydrogen) atoms. The zero-order valence-corrected chi connectivity index (χ0v) is 23.9. The van der Waals surface area contributed by atoms with E-state index in [1.807, 2.05) is 24.3 Å². The van der Waals surface area contributed by atoms with E-state index in [-0.39, 0.29) is 11.0 Å². The monoisotopic (exact) mass is 571 g/mol. The van der Waals surface area contributed by atoms with Crippen LogP contribution in [0, 0.1) is 11.6 Å². The van der Waals surface area contributed by atoms with Gasteiger partial charge >= 0.3 is 0 Å². The number of nitrogens with one attached hydrogen (secondary N) is 1. The number of aryl methyl sites for hydroxylation is 1. The van der Waals surface area contributed by atoms with E-state index >= 15 is 0 Å². The van der Waals surface area contributed by atoms with E-state index in [1.165, 1.54) is 17.4 Å². The summed E-state index contributed by atoms with van der Waals surface area (Å²) in [6.07, 6.45) is 8.29. The highest BCUT2D eigenvalue weighted by molar-refractivity contribution is 6.00. The lowest BCUT2D eigenvalue weighted by Gasteiger charge is -2.41. The fraction of sp³-hybridized carbons (Fsp3) is 0.387. The normalized spacial score (nSPS) is 20.5. The molecule has 1 saturated carbocycles. The number of rotatable bonds is 5. The molecule has 2 fully saturated rings. The number of nitrogen functional groups attached to an aromatic ring is 1. The lowest BCUT2D eigenvalue weighted by molar-refractivity contribution is 0.0828. The molecule has 3 N–H and O–H groups in total. The third-order valence-corrected chi connectivity index (χ3v) is 9.13. The average Bonchev–Trinajstić information content (AvgIpc) is 3.56. The minimum atomic E-state index is -0.561. The third-order valence-electron chi connectivity index (χ3n) is 9.13. The Balaban J connectivity index is 1.14. The Morgan fingerprint density at radius 2 is 1.55 bits per heavy atom. The zero-order chi connectivity index (χ0) is 29.0. The lowest BCUT2D eigenvalue weighted by atomic mass is 9.89. The predicted molar refractivity (Wildman–Crippen MR) is 162 cm³/mol. The van der Waals surface area contributed by atoms with E-state index in [1.54, 1.807) is 13.4 Å². The molecule has 1 aliphatic heterocycles. The summed E-state index contributed by atoms with van der Waals surface area (Å²) in [6.45, 7) is 4.60. The van der Waals surface area contributed by atoms with Crippen molar-refractivity contribution < 1.29 is 8.78 Å². The second-order valence-corrected chi connectivity index (χ2v) is 11.6. The van der Waals surface area contributed by atoms with Gasteiger partial charge < -0.3 is 25.1 Å². The predicted octanol–water partition coefficient (Wildman–Crippen LogP) is 5.32. The molecule has 0 radical (unpaired) electrons. The Bertz CT molecular complexity index is 1740. The minimum absolute atomic E-state index is 0.00234. The number of halogens is 2. The van der Waals surface area contributed by atoms with Crippen molar-refractivity contribution in [1.29, 1.82) is 0 Å². The molecule has 2 aromatic carbocycles. The Morgan fingerprint density at radius 1 is 0.857 bits per heavy atom. The van der Waals surface area contributed by atoms with Crippen molar-refractivity contribution in [3.05, 3.63) is 60.6 Å². The van der Waals surface area contributed by atoms with Crippen molar-refractivity contribution in [1.82, 2.24) is 33.9 Å². The minimum Gasteiger partial charge on any atom is -0.383 e. The van der Waals surface area contributed by atoms with Crippen molar-refractivity contribution in [2.24, 2.45) is 7.05 Å². The molecule has 0 spiro atoms. The molecule has 1 aliphatic carbocycles. The number of nitrogens with two attached hydrogens (primary N) is 1. The van der Waals surface area contributed by atoms with E-state index < -0.39 is 11.6 Å². The Hall–Kier alpha value is -4.09. The fourth-order valence-electron chi connectivity index (χ4n) is 6.71. The smallest absolute Gasteiger partial charge is 0.208 e. The first-order valence-electron chi connectivity index (χ1n) is 14.6. The van der Waals surface area contributed by atoms with Crippen LogP contribution < -0.4 is 11.1 Å². The van der Waals surface area contributed by atoms with Gasteiger partial charge in [-0.2, -0.15) is 0 Å². The third kappa shape index (κ3) is 4.66. The molecular weight excluding hydrogens is 536 g/mol. The van der Waals surface area contributed by atoms with Crippen LogP contribution in [0.15, 0.2) is 48.9 Å². The number of piperazine rings is 1. The molecule has 0 unspecified atom stereocenters. The van der Waals surface area contributed by atoms with E-state index in [0.717, 1.165) is 79.0 Å². The molecule has 3 aromatic heterocycles. The maximum absolute atomic E-state index is 14.4. The first kappa shape index (κ1) is 26.8. The topological polar surface area (TPSA) is 93.1 Å². The van der Waals surface area contributed by atoms with Gasteiger partial charge in [-0.15, -0.1) is 0 Å². The van der Waals surface area contributed by atoms with E-state index in [0.29, 0.717) is 23.8 Å². The van der Waals surface area contributed by atoms with Gasteiger partial charge in [-0.25, -0.2) is 23.7 Å². The Labute approximate surface area is 243 Å². The van der Waals surface area contributed by atoms with Crippen molar-refractivity contribution in [3.8, 4) is 11.1 Å².